The quantitative estimate of drug-likeness (QED) is 0.489. The number of likely N-dealkylation sites (N-methyl/N-ethyl adjacent to an activating group) is 1. The zero-order chi connectivity index (χ0) is 21.9. The van der Waals surface area contributed by atoms with Crippen LogP contribution < -0.4 is 10.2 Å². The van der Waals surface area contributed by atoms with Gasteiger partial charge in [-0.25, -0.2) is 4.39 Å². The molecule has 31 heavy (non-hydrogen) atoms. The van der Waals surface area contributed by atoms with Crippen LogP contribution in [0.1, 0.15) is 13.8 Å². The highest BCUT2D eigenvalue weighted by atomic mass is 35.5. The molecule has 4 aromatic rings. The number of nitrogens with one attached hydrogen (secondary N) is 2. The molecule has 0 spiro atoms. The van der Waals surface area contributed by atoms with Crippen LogP contribution in [0.2, 0.25) is 5.02 Å². The fourth-order valence-corrected chi connectivity index (χ4v) is 4.71. The number of anilines is 3. The van der Waals surface area contributed by atoms with Crippen LogP contribution >= 0.6 is 11.6 Å². The van der Waals surface area contributed by atoms with Gasteiger partial charge >= 0.3 is 0 Å². The van der Waals surface area contributed by atoms with Crippen LogP contribution in [-0.4, -0.2) is 57.1 Å². The maximum Gasteiger partial charge on any atom is 0.161 e. The van der Waals surface area contributed by atoms with Crippen LogP contribution in [0.3, 0.4) is 0 Å². The minimum absolute atomic E-state index is 0.346. The Morgan fingerprint density at radius 3 is 2.61 bits per heavy atom. The third-order valence-electron chi connectivity index (χ3n) is 6.26. The van der Waals surface area contributed by atoms with Gasteiger partial charge < -0.3 is 10.2 Å². The molecule has 0 unspecified atom stereocenters. The Bertz CT molecular complexity index is 1270. The molecule has 0 radical (unpaired) electrons. The predicted octanol–water partition coefficient (Wildman–Crippen LogP) is 4.51. The van der Waals surface area contributed by atoms with Gasteiger partial charge in [0.25, 0.3) is 0 Å². The van der Waals surface area contributed by atoms with Gasteiger partial charge in [-0.1, -0.05) is 11.6 Å². The number of benzene rings is 2. The maximum absolute atomic E-state index is 14.5. The van der Waals surface area contributed by atoms with Gasteiger partial charge in [0.2, 0.25) is 0 Å². The summed E-state index contributed by atoms with van der Waals surface area (Å²) in [6, 6.07) is 8.24. The topological polar surface area (TPSA) is 65.0 Å². The lowest BCUT2D eigenvalue weighted by Gasteiger charge is -2.43. The van der Waals surface area contributed by atoms with Crippen LogP contribution in [0.15, 0.2) is 30.5 Å². The molecule has 1 aliphatic rings. The summed E-state index contributed by atoms with van der Waals surface area (Å²) in [4.78, 5) is 4.76. The van der Waals surface area contributed by atoms with Crippen molar-refractivity contribution in [2.75, 3.05) is 30.4 Å². The number of piperazine rings is 1. The van der Waals surface area contributed by atoms with Crippen LogP contribution in [0.5, 0.6) is 0 Å². The first kappa shape index (κ1) is 20.1. The number of H-pyrrole nitrogens is 1. The third-order valence-corrected chi connectivity index (χ3v) is 6.56. The van der Waals surface area contributed by atoms with Gasteiger partial charge in [0.05, 0.1) is 15.9 Å². The number of halogens is 2. The minimum atomic E-state index is -0.382. The fourth-order valence-electron chi connectivity index (χ4n) is 4.40. The Kier molecular flexibility index (Phi) is 4.79. The molecular formula is C22H25ClFN7. The molecule has 2 aromatic carbocycles. The van der Waals surface area contributed by atoms with Gasteiger partial charge in [0, 0.05) is 55.2 Å². The normalized spacial score (nSPS) is 20.1. The van der Waals surface area contributed by atoms with Gasteiger partial charge in [-0.2, -0.15) is 10.2 Å². The summed E-state index contributed by atoms with van der Waals surface area (Å²) in [5, 5.41) is 16.9. The smallest absolute Gasteiger partial charge is 0.161 e. The molecule has 1 saturated heterocycles. The van der Waals surface area contributed by atoms with Gasteiger partial charge in [0.1, 0.15) is 5.52 Å². The van der Waals surface area contributed by atoms with Gasteiger partial charge in [-0.05, 0) is 45.2 Å². The zero-order valence-electron chi connectivity index (χ0n) is 17.9. The molecule has 2 N–H and O–H groups in total. The van der Waals surface area contributed by atoms with E-state index in [0.29, 0.717) is 34.1 Å². The Labute approximate surface area is 184 Å². The number of rotatable bonds is 3. The number of aryl methyl sites for hydroxylation is 1. The monoisotopic (exact) mass is 441 g/mol. The van der Waals surface area contributed by atoms with Crippen molar-refractivity contribution < 1.29 is 4.39 Å². The second-order valence-electron chi connectivity index (χ2n) is 8.51. The number of aromatic amines is 1. The Morgan fingerprint density at radius 2 is 1.87 bits per heavy atom. The Hall–Kier alpha value is -2.84. The number of hydrogen-bond acceptors (Lipinski definition) is 5. The van der Waals surface area contributed by atoms with E-state index in [4.69, 9.17) is 11.6 Å². The highest BCUT2D eigenvalue weighted by molar-refractivity contribution is 6.36. The van der Waals surface area contributed by atoms with E-state index in [9.17, 15) is 4.39 Å². The Balaban J connectivity index is 1.48. The molecule has 7 nitrogen and oxygen atoms in total. The molecule has 162 valence electrons. The zero-order valence-corrected chi connectivity index (χ0v) is 18.7. The van der Waals surface area contributed by atoms with Gasteiger partial charge in [-0.3, -0.25) is 14.7 Å². The summed E-state index contributed by atoms with van der Waals surface area (Å²) in [5.74, 6) is 0.182. The molecule has 1 aliphatic heterocycles. The van der Waals surface area contributed by atoms with Crippen molar-refractivity contribution in [3.63, 3.8) is 0 Å². The van der Waals surface area contributed by atoms with E-state index in [1.165, 1.54) is 6.07 Å². The second-order valence-corrected chi connectivity index (χ2v) is 8.92. The molecular weight excluding hydrogens is 417 g/mol. The molecule has 0 saturated carbocycles. The summed E-state index contributed by atoms with van der Waals surface area (Å²) in [6.45, 7) is 6.34. The van der Waals surface area contributed by atoms with Crippen LogP contribution in [-0.2, 0) is 7.05 Å². The molecule has 9 heteroatoms. The SMILES string of the molecule is C[C@H]1CN(c2cc(Cl)c3c(Nc4cc(F)c5nn(C)cc5c4)n[nH]c3c2)C[C@H](C)N1C. The fraction of sp³-hybridized carbons (Fsp3) is 0.364. The lowest BCUT2D eigenvalue weighted by molar-refractivity contribution is 0.170. The van der Waals surface area contributed by atoms with Crippen molar-refractivity contribution in [1.29, 1.82) is 0 Å². The number of nitrogens with zero attached hydrogens (tertiary/aromatic N) is 5. The third kappa shape index (κ3) is 3.49. The molecule has 0 aliphatic carbocycles. The summed E-state index contributed by atoms with van der Waals surface area (Å²) >= 11 is 6.70. The maximum atomic E-state index is 14.5. The highest BCUT2D eigenvalue weighted by Crippen LogP contribution is 2.36. The summed E-state index contributed by atoms with van der Waals surface area (Å²) in [5.41, 5.74) is 2.85. The largest absolute Gasteiger partial charge is 0.368 e. The van der Waals surface area contributed by atoms with Crippen LogP contribution in [0.4, 0.5) is 21.6 Å². The van der Waals surface area contributed by atoms with Crippen molar-refractivity contribution in [2.45, 2.75) is 25.9 Å². The standard InChI is InChI=1S/C22H25ClFN7/c1-12-9-31(10-13(2)30(12)4)16-7-17(23)20-19(8-16)26-27-22(20)25-15-5-14-11-29(3)28-21(14)18(24)6-15/h5-8,11-13H,9-10H2,1-4H3,(H2,25,26,27)/t12-,13-/m0/s1. The lowest BCUT2D eigenvalue weighted by Crippen LogP contribution is -2.55. The van der Waals surface area contributed by atoms with E-state index < -0.39 is 0 Å². The molecule has 1 fully saturated rings. The van der Waals surface area contributed by atoms with Crippen molar-refractivity contribution in [3.05, 3.63) is 41.3 Å². The van der Waals surface area contributed by atoms with E-state index >= 15 is 0 Å². The van der Waals surface area contributed by atoms with Gasteiger partial charge in [0.15, 0.2) is 11.6 Å². The molecule has 0 bridgehead atoms. The highest BCUT2D eigenvalue weighted by Gasteiger charge is 2.27. The average molecular weight is 442 g/mol. The summed E-state index contributed by atoms with van der Waals surface area (Å²) in [7, 11) is 3.94. The number of hydrogen-bond donors (Lipinski definition) is 2. The predicted molar refractivity (Wildman–Crippen MR) is 124 cm³/mol. The van der Waals surface area contributed by atoms with E-state index in [0.717, 1.165) is 35.1 Å². The summed E-state index contributed by atoms with van der Waals surface area (Å²) < 4.78 is 16.0. The first-order valence-electron chi connectivity index (χ1n) is 10.3. The lowest BCUT2D eigenvalue weighted by atomic mass is 10.1. The minimum Gasteiger partial charge on any atom is -0.368 e. The van der Waals surface area contributed by atoms with Crippen molar-refractivity contribution in [2.24, 2.45) is 7.05 Å². The van der Waals surface area contributed by atoms with Crippen molar-refractivity contribution in [3.8, 4) is 0 Å². The number of aromatic nitrogens is 4. The van der Waals surface area contributed by atoms with Crippen LogP contribution in [0, 0.1) is 5.82 Å². The molecule has 2 aromatic heterocycles. The van der Waals surface area contributed by atoms with Crippen LogP contribution in [0.25, 0.3) is 21.8 Å². The average Bonchev–Trinajstić information content (AvgIpc) is 3.29. The van der Waals surface area contributed by atoms with E-state index in [2.05, 4.69) is 57.4 Å². The molecule has 5 rings (SSSR count). The second kappa shape index (κ2) is 7.39. The van der Waals surface area contributed by atoms with Crippen molar-refractivity contribution >= 4 is 50.6 Å². The van der Waals surface area contributed by atoms with E-state index in [1.54, 1.807) is 17.9 Å². The van der Waals surface area contributed by atoms with Crippen molar-refractivity contribution in [1.82, 2.24) is 24.9 Å². The van der Waals surface area contributed by atoms with E-state index in [-0.39, 0.29) is 5.82 Å². The Morgan fingerprint density at radius 1 is 1.13 bits per heavy atom. The molecule has 0 amide bonds. The first-order valence-corrected chi connectivity index (χ1v) is 10.7. The summed E-state index contributed by atoms with van der Waals surface area (Å²) in [6.07, 6.45) is 1.78. The molecule has 3 heterocycles. The van der Waals surface area contributed by atoms with Gasteiger partial charge in [-0.15, -0.1) is 0 Å². The number of fused-ring (bicyclic) bond motifs is 2. The van der Waals surface area contributed by atoms with E-state index in [1.807, 2.05) is 12.1 Å². The first-order chi connectivity index (χ1) is 14.8. The molecule has 2 atom stereocenters.